The minimum atomic E-state index is -0.0942. The third-order valence-corrected chi connectivity index (χ3v) is 4.34. The Labute approximate surface area is 141 Å². The van der Waals surface area contributed by atoms with Gasteiger partial charge in [0.1, 0.15) is 0 Å². The molecule has 0 aliphatic rings. The van der Waals surface area contributed by atoms with Crippen molar-refractivity contribution in [2.75, 3.05) is 20.5 Å². The quantitative estimate of drug-likeness (QED) is 0.821. The SMILES string of the molecule is COc1cccc(CNC(=O)c2cc(SC)ccc2C)c1OC. The van der Waals surface area contributed by atoms with E-state index in [4.69, 9.17) is 9.47 Å². The second kappa shape index (κ2) is 7.92. The fourth-order valence-electron chi connectivity index (χ4n) is 2.34. The number of methoxy groups -OCH3 is 2. The van der Waals surface area contributed by atoms with E-state index in [1.54, 1.807) is 26.0 Å². The molecule has 0 spiro atoms. The van der Waals surface area contributed by atoms with Crippen molar-refractivity contribution in [1.29, 1.82) is 0 Å². The molecule has 0 aromatic heterocycles. The van der Waals surface area contributed by atoms with Crippen molar-refractivity contribution in [2.45, 2.75) is 18.4 Å². The molecule has 2 aromatic rings. The first-order valence-electron chi connectivity index (χ1n) is 7.23. The molecule has 4 nitrogen and oxygen atoms in total. The van der Waals surface area contributed by atoms with E-state index in [1.165, 1.54) is 0 Å². The van der Waals surface area contributed by atoms with Crippen molar-refractivity contribution in [1.82, 2.24) is 5.32 Å². The van der Waals surface area contributed by atoms with Gasteiger partial charge in [-0.1, -0.05) is 18.2 Å². The van der Waals surface area contributed by atoms with Gasteiger partial charge < -0.3 is 14.8 Å². The van der Waals surface area contributed by atoms with Crippen LogP contribution in [0.3, 0.4) is 0 Å². The summed E-state index contributed by atoms with van der Waals surface area (Å²) in [7, 11) is 3.19. The Morgan fingerprint density at radius 3 is 2.61 bits per heavy atom. The zero-order valence-corrected chi connectivity index (χ0v) is 14.6. The van der Waals surface area contributed by atoms with Crippen LogP contribution < -0.4 is 14.8 Å². The van der Waals surface area contributed by atoms with Gasteiger partial charge >= 0.3 is 0 Å². The van der Waals surface area contributed by atoms with Crippen LogP contribution in [-0.4, -0.2) is 26.4 Å². The van der Waals surface area contributed by atoms with Gasteiger partial charge in [-0.15, -0.1) is 11.8 Å². The van der Waals surface area contributed by atoms with E-state index in [9.17, 15) is 4.79 Å². The Kier molecular flexibility index (Phi) is 5.93. The number of carbonyl (C=O) groups is 1. The fourth-order valence-corrected chi connectivity index (χ4v) is 2.78. The highest BCUT2D eigenvalue weighted by Gasteiger charge is 2.13. The Morgan fingerprint density at radius 1 is 1.17 bits per heavy atom. The summed E-state index contributed by atoms with van der Waals surface area (Å²) in [5.74, 6) is 1.20. The summed E-state index contributed by atoms with van der Waals surface area (Å²) in [6.45, 7) is 2.31. The van der Waals surface area contributed by atoms with Crippen LogP contribution in [0.1, 0.15) is 21.5 Å². The fraction of sp³-hybridized carbons (Fsp3) is 0.278. The lowest BCUT2D eigenvalue weighted by atomic mass is 10.1. The van der Waals surface area contributed by atoms with Crippen LogP contribution in [0.25, 0.3) is 0 Å². The number of ether oxygens (including phenoxy) is 2. The maximum absolute atomic E-state index is 12.5. The smallest absolute Gasteiger partial charge is 0.251 e. The summed E-state index contributed by atoms with van der Waals surface area (Å²) >= 11 is 1.62. The van der Waals surface area contributed by atoms with E-state index in [0.717, 1.165) is 16.0 Å². The first-order chi connectivity index (χ1) is 11.1. The molecule has 0 saturated carbocycles. The lowest BCUT2D eigenvalue weighted by molar-refractivity contribution is 0.0949. The zero-order chi connectivity index (χ0) is 16.8. The van der Waals surface area contributed by atoms with Gasteiger partial charge in [0.05, 0.1) is 14.2 Å². The van der Waals surface area contributed by atoms with Crippen molar-refractivity contribution in [3.63, 3.8) is 0 Å². The molecule has 0 fully saturated rings. The van der Waals surface area contributed by atoms with Gasteiger partial charge in [-0.2, -0.15) is 0 Å². The van der Waals surface area contributed by atoms with Crippen molar-refractivity contribution < 1.29 is 14.3 Å². The van der Waals surface area contributed by atoms with Crippen molar-refractivity contribution >= 4 is 17.7 Å². The maximum atomic E-state index is 12.5. The Morgan fingerprint density at radius 2 is 1.96 bits per heavy atom. The number of thioether (sulfide) groups is 1. The molecule has 2 aromatic carbocycles. The van der Waals surface area contributed by atoms with Crippen LogP contribution in [0.5, 0.6) is 11.5 Å². The highest BCUT2D eigenvalue weighted by molar-refractivity contribution is 7.98. The first-order valence-corrected chi connectivity index (χ1v) is 8.46. The average Bonchev–Trinajstić information content (AvgIpc) is 2.59. The molecule has 23 heavy (non-hydrogen) atoms. The normalized spacial score (nSPS) is 10.3. The van der Waals surface area contributed by atoms with Crippen LogP contribution in [0.4, 0.5) is 0 Å². The van der Waals surface area contributed by atoms with E-state index < -0.39 is 0 Å². The van der Waals surface area contributed by atoms with Crippen LogP contribution in [0.15, 0.2) is 41.3 Å². The van der Waals surface area contributed by atoms with Gasteiger partial charge in [-0.3, -0.25) is 4.79 Å². The number of carbonyl (C=O) groups excluding carboxylic acids is 1. The molecular formula is C18H21NO3S. The van der Waals surface area contributed by atoms with Crippen LogP contribution >= 0.6 is 11.8 Å². The third-order valence-electron chi connectivity index (χ3n) is 3.61. The maximum Gasteiger partial charge on any atom is 0.251 e. The monoisotopic (exact) mass is 331 g/mol. The van der Waals surface area contributed by atoms with E-state index in [0.29, 0.717) is 23.6 Å². The summed E-state index contributed by atoms with van der Waals surface area (Å²) in [5.41, 5.74) is 2.52. The molecule has 0 atom stereocenters. The summed E-state index contributed by atoms with van der Waals surface area (Å²) < 4.78 is 10.7. The van der Waals surface area contributed by atoms with Gasteiger partial charge in [0.15, 0.2) is 11.5 Å². The largest absolute Gasteiger partial charge is 0.493 e. The molecule has 0 aliphatic carbocycles. The second-order valence-corrected chi connectivity index (χ2v) is 5.90. The van der Waals surface area contributed by atoms with Crippen molar-refractivity contribution in [2.24, 2.45) is 0 Å². The van der Waals surface area contributed by atoms with E-state index in [2.05, 4.69) is 5.32 Å². The lowest BCUT2D eigenvalue weighted by Gasteiger charge is -2.14. The summed E-state index contributed by atoms with van der Waals surface area (Å²) in [6.07, 6.45) is 1.99. The molecule has 0 radical (unpaired) electrons. The summed E-state index contributed by atoms with van der Waals surface area (Å²) in [4.78, 5) is 13.5. The van der Waals surface area contributed by atoms with Crippen LogP contribution in [0.2, 0.25) is 0 Å². The summed E-state index contributed by atoms with van der Waals surface area (Å²) in [6, 6.07) is 11.5. The van der Waals surface area contributed by atoms with Gasteiger partial charge in [0.25, 0.3) is 5.91 Å². The third kappa shape index (κ3) is 3.99. The molecule has 5 heteroatoms. The summed E-state index contributed by atoms with van der Waals surface area (Å²) in [5, 5.41) is 2.95. The van der Waals surface area contributed by atoms with Gasteiger partial charge in [0.2, 0.25) is 0 Å². The number of hydrogen-bond donors (Lipinski definition) is 1. The molecule has 1 N–H and O–H groups in total. The second-order valence-electron chi connectivity index (χ2n) is 5.02. The predicted molar refractivity (Wildman–Crippen MR) is 93.7 cm³/mol. The van der Waals surface area contributed by atoms with E-state index in [1.807, 2.05) is 49.6 Å². The minimum absolute atomic E-state index is 0.0942. The highest BCUT2D eigenvalue weighted by Crippen LogP contribution is 2.30. The number of aryl methyl sites for hydroxylation is 1. The average molecular weight is 331 g/mol. The first kappa shape index (κ1) is 17.2. The number of benzene rings is 2. The molecule has 1 amide bonds. The minimum Gasteiger partial charge on any atom is -0.493 e. The number of hydrogen-bond acceptors (Lipinski definition) is 4. The van der Waals surface area contributed by atoms with Crippen molar-refractivity contribution in [3.05, 3.63) is 53.1 Å². The van der Waals surface area contributed by atoms with E-state index in [-0.39, 0.29) is 5.91 Å². The number of amides is 1. The zero-order valence-electron chi connectivity index (χ0n) is 13.8. The van der Waals surface area contributed by atoms with Crippen molar-refractivity contribution in [3.8, 4) is 11.5 Å². The van der Waals surface area contributed by atoms with Crippen LogP contribution in [0, 0.1) is 6.92 Å². The highest BCUT2D eigenvalue weighted by atomic mass is 32.2. The molecule has 122 valence electrons. The standard InChI is InChI=1S/C18H21NO3S/c1-12-8-9-14(23-4)10-15(12)18(20)19-11-13-6-5-7-16(21-2)17(13)22-3/h5-10H,11H2,1-4H3,(H,19,20). The number of para-hydroxylation sites is 1. The predicted octanol–water partition coefficient (Wildman–Crippen LogP) is 3.66. The van der Waals surface area contributed by atoms with E-state index >= 15 is 0 Å². The van der Waals surface area contributed by atoms with Gasteiger partial charge in [-0.25, -0.2) is 0 Å². The topological polar surface area (TPSA) is 47.6 Å². The molecular weight excluding hydrogens is 310 g/mol. The molecule has 0 aliphatic heterocycles. The molecule has 0 heterocycles. The Hall–Kier alpha value is -2.14. The van der Waals surface area contributed by atoms with Gasteiger partial charge in [0, 0.05) is 22.6 Å². The molecule has 2 rings (SSSR count). The molecule has 0 unspecified atom stereocenters. The van der Waals surface area contributed by atoms with Gasteiger partial charge in [-0.05, 0) is 36.9 Å². The number of nitrogens with one attached hydrogen (secondary N) is 1. The van der Waals surface area contributed by atoms with Crippen LogP contribution in [-0.2, 0) is 6.54 Å². The lowest BCUT2D eigenvalue weighted by Crippen LogP contribution is -2.24. The molecule has 0 bridgehead atoms. The Balaban J connectivity index is 2.17. The Bertz CT molecular complexity index is 701. The number of rotatable bonds is 6. The molecule has 0 saturated heterocycles.